The molecule has 0 aliphatic heterocycles. The zero-order chi connectivity index (χ0) is 12.9. The first-order valence-corrected chi connectivity index (χ1v) is 5.84. The van der Waals surface area contributed by atoms with E-state index in [1.807, 2.05) is 6.92 Å². The molecule has 0 bridgehead atoms. The molecule has 0 aromatic carbocycles. The molecule has 7 heteroatoms. The minimum absolute atomic E-state index is 0.0978. The lowest BCUT2D eigenvalue weighted by Crippen LogP contribution is -2.27. The highest BCUT2D eigenvalue weighted by Gasteiger charge is 2.28. The number of rotatable bonds is 6. The van der Waals surface area contributed by atoms with Gasteiger partial charge in [0.05, 0.1) is 23.4 Å². The van der Waals surface area contributed by atoms with Crippen molar-refractivity contribution in [3.63, 3.8) is 0 Å². The molecule has 0 radical (unpaired) electrons. The van der Waals surface area contributed by atoms with Crippen LogP contribution in [-0.2, 0) is 4.74 Å². The predicted molar refractivity (Wildman–Crippen MR) is 59.7 cm³/mol. The highest BCUT2D eigenvalue weighted by molar-refractivity contribution is 9.10. The van der Waals surface area contributed by atoms with Crippen LogP contribution in [0.5, 0.6) is 0 Å². The molecule has 1 aromatic heterocycles. The minimum atomic E-state index is -4.31. The lowest BCUT2D eigenvalue weighted by atomic mass is 10.2. The molecule has 0 aliphatic carbocycles. The molecule has 0 aliphatic rings. The van der Waals surface area contributed by atoms with Crippen molar-refractivity contribution in [2.24, 2.45) is 0 Å². The zero-order valence-corrected chi connectivity index (χ0v) is 10.8. The Morgan fingerprint density at radius 3 is 2.71 bits per heavy atom. The zero-order valence-electron chi connectivity index (χ0n) is 9.18. The van der Waals surface area contributed by atoms with Crippen LogP contribution in [0.2, 0.25) is 0 Å². The van der Waals surface area contributed by atoms with Crippen LogP contribution in [0.25, 0.3) is 0 Å². The van der Waals surface area contributed by atoms with Gasteiger partial charge in [0.15, 0.2) is 0 Å². The molecular weight excluding hydrogens is 303 g/mol. The SMILES string of the molecule is CCNC(COCC(F)(F)F)c1occc1Br. The molecule has 0 spiro atoms. The van der Waals surface area contributed by atoms with Gasteiger partial charge in [-0.25, -0.2) is 0 Å². The van der Waals surface area contributed by atoms with E-state index in [-0.39, 0.29) is 6.61 Å². The van der Waals surface area contributed by atoms with Crippen molar-refractivity contribution in [2.45, 2.75) is 19.1 Å². The summed E-state index contributed by atoms with van der Waals surface area (Å²) >= 11 is 3.26. The summed E-state index contributed by atoms with van der Waals surface area (Å²) in [5, 5.41) is 3.00. The second-order valence-corrected chi connectivity index (χ2v) is 4.23. The number of alkyl halides is 3. The number of hydrogen-bond acceptors (Lipinski definition) is 3. The van der Waals surface area contributed by atoms with E-state index in [1.54, 1.807) is 6.07 Å². The Labute approximate surface area is 105 Å². The van der Waals surface area contributed by atoms with Gasteiger partial charge in [-0.3, -0.25) is 0 Å². The minimum Gasteiger partial charge on any atom is -0.466 e. The topological polar surface area (TPSA) is 34.4 Å². The van der Waals surface area contributed by atoms with E-state index in [1.165, 1.54) is 6.26 Å². The number of nitrogens with one attached hydrogen (secondary N) is 1. The maximum Gasteiger partial charge on any atom is 0.411 e. The quantitative estimate of drug-likeness (QED) is 0.875. The summed E-state index contributed by atoms with van der Waals surface area (Å²) in [7, 11) is 0. The van der Waals surface area contributed by atoms with E-state index >= 15 is 0 Å². The first kappa shape index (κ1) is 14.5. The number of ether oxygens (including phenoxy) is 1. The van der Waals surface area contributed by atoms with Gasteiger partial charge >= 0.3 is 6.18 Å². The molecular formula is C10H13BrF3NO2. The molecule has 1 rings (SSSR count). The average Bonchev–Trinajstić information content (AvgIpc) is 2.61. The molecule has 17 heavy (non-hydrogen) atoms. The molecule has 1 aromatic rings. The first-order chi connectivity index (χ1) is 7.94. The molecule has 0 saturated heterocycles. The molecule has 0 amide bonds. The van der Waals surface area contributed by atoms with Crippen molar-refractivity contribution in [1.29, 1.82) is 0 Å². The smallest absolute Gasteiger partial charge is 0.411 e. The van der Waals surface area contributed by atoms with E-state index in [9.17, 15) is 13.2 Å². The molecule has 1 atom stereocenters. The highest BCUT2D eigenvalue weighted by Crippen LogP contribution is 2.25. The van der Waals surface area contributed by atoms with Gasteiger partial charge in [-0.15, -0.1) is 0 Å². The van der Waals surface area contributed by atoms with E-state index in [4.69, 9.17) is 4.42 Å². The van der Waals surface area contributed by atoms with Crippen LogP contribution in [0.3, 0.4) is 0 Å². The van der Waals surface area contributed by atoms with Gasteiger partial charge in [0, 0.05) is 0 Å². The number of likely N-dealkylation sites (N-methyl/N-ethyl adjacent to an activating group) is 1. The van der Waals surface area contributed by atoms with Gasteiger partial charge in [-0.1, -0.05) is 6.92 Å². The van der Waals surface area contributed by atoms with Gasteiger partial charge in [0.2, 0.25) is 0 Å². The molecule has 0 saturated carbocycles. The lowest BCUT2D eigenvalue weighted by Gasteiger charge is -2.17. The number of halogens is 4. The third kappa shape index (κ3) is 5.10. The third-order valence-corrected chi connectivity index (χ3v) is 2.62. The van der Waals surface area contributed by atoms with Gasteiger partial charge in [0.25, 0.3) is 0 Å². The third-order valence-electron chi connectivity index (χ3n) is 1.96. The summed E-state index contributed by atoms with van der Waals surface area (Å²) in [5.41, 5.74) is 0. The molecule has 98 valence electrons. The molecule has 0 fully saturated rings. The largest absolute Gasteiger partial charge is 0.466 e. The van der Waals surface area contributed by atoms with Crippen LogP contribution in [0.1, 0.15) is 18.7 Å². The summed E-state index contributed by atoms with van der Waals surface area (Å²) in [4.78, 5) is 0. The fourth-order valence-electron chi connectivity index (χ4n) is 1.32. The number of hydrogen-bond donors (Lipinski definition) is 1. The molecule has 3 nitrogen and oxygen atoms in total. The Kier molecular flexibility index (Phi) is 5.48. The van der Waals surface area contributed by atoms with Crippen LogP contribution >= 0.6 is 15.9 Å². The molecule has 1 unspecified atom stereocenters. The molecule has 1 N–H and O–H groups in total. The second kappa shape index (κ2) is 6.42. The Bertz CT molecular complexity index is 341. The maximum atomic E-state index is 11.9. The Balaban J connectivity index is 2.53. The second-order valence-electron chi connectivity index (χ2n) is 3.37. The van der Waals surface area contributed by atoms with Crippen LogP contribution in [-0.4, -0.2) is 25.9 Å². The van der Waals surface area contributed by atoms with Crippen molar-refractivity contribution >= 4 is 15.9 Å². The monoisotopic (exact) mass is 315 g/mol. The maximum absolute atomic E-state index is 11.9. The highest BCUT2D eigenvalue weighted by atomic mass is 79.9. The van der Waals surface area contributed by atoms with Crippen molar-refractivity contribution in [2.75, 3.05) is 19.8 Å². The summed E-state index contributed by atoms with van der Waals surface area (Å²) in [6, 6.07) is 1.29. The fourth-order valence-corrected chi connectivity index (χ4v) is 1.80. The van der Waals surface area contributed by atoms with Crippen LogP contribution in [0.15, 0.2) is 21.2 Å². The Morgan fingerprint density at radius 2 is 2.24 bits per heavy atom. The van der Waals surface area contributed by atoms with Gasteiger partial charge < -0.3 is 14.5 Å². The first-order valence-electron chi connectivity index (χ1n) is 5.04. The summed E-state index contributed by atoms with van der Waals surface area (Å²) in [5.74, 6) is 0.536. The predicted octanol–water partition coefficient (Wildman–Crippen LogP) is 3.27. The standard InChI is InChI=1S/C10H13BrF3NO2/c1-2-15-8(5-16-6-10(12,13)14)9-7(11)3-4-17-9/h3-4,8,15H,2,5-6H2,1H3. The Hall–Kier alpha value is -0.530. The summed E-state index contributed by atoms with van der Waals surface area (Å²) in [6.45, 7) is 1.10. The van der Waals surface area contributed by atoms with Crippen molar-refractivity contribution in [3.05, 3.63) is 22.6 Å². The average molecular weight is 316 g/mol. The van der Waals surface area contributed by atoms with Crippen molar-refractivity contribution in [1.82, 2.24) is 5.32 Å². The Morgan fingerprint density at radius 1 is 1.53 bits per heavy atom. The molecule has 1 heterocycles. The lowest BCUT2D eigenvalue weighted by molar-refractivity contribution is -0.175. The van der Waals surface area contributed by atoms with Gasteiger partial charge in [-0.2, -0.15) is 13.2 Å². The summed E-state index contributed by atoms with van der Waals surface area (Å²) < 4.78 is 46.3. The van der Waals surface area contributed by atoms with E-state index in [0.717, 1.165) is 0 Å². The van der Waals surface area contributed by atoms with Crippen LogP contribution in [0, 0.1) is 0 Å². The normalized spacial score (nSPS) is 13.9. The van der Waals surface area contributed by atoms with Crippen molar-refractivity contribution in [3.8, 4) is 0 Å². The van der Waals surface area contributed by atoms with Gasteiger partial charge in [0.1, 0.15) is 12.4 Å². The van der Waals surface area contributed by atoms with Gasteiger partial charge in [-0.05, 0) is 28.5 Å². The fraction of sp³-hybridized carbons (Fsp3) is 0.600. The summed E-state index contributed by atoms with van der Waals surface area (Å²) in [6.07, 6.45) is -2.84. The number of furan rings is 1. The van der Waals surface area contributed by atoms with E-state index in [0.29, 0.717) is 16.8 Å². The van der Waals surface area contributed by atoms with Crippen LogP contribution < -0.4 is 5.32 Å². The van der Waals surface area contributed by atoms with E-state index in [2.05, 4.69) is 26.0 Å². The van der Waals surface area contributed by atoms with E-state index < -0.39 is 18.8 Å². The van der Waals surface area contributed by atoms with Crippen molar-refractivity contribution < 1.29 is 22.3 Å². The van der Waals surface area contributed by atoms with Crippen LogP contribution in [0.4, 0.5) is 13.2 Å².